The summed E-state index contributed by atoms with van der Waals surface area (Å²) in [4.78, 5) is 0. The van der Waals surface area contributed by atoms with Gasteiger partial charge in [-0.1, -0.05) is 0 Å². The second kappa shape index (κ2) is 2.62. The van der Waals surface area contributed by atoms with E-state index in [-0.39, 0.29) is 0 Å². The molecule has 0 bridgehead atoms. The second-order valence-electron chi connectivity index (χ2n) is 2.34. The average molecular weight is 193 g/mol. The van der Waals surface area contributed by atoms with Gasteiger partial charge in [-0.2, -0.15) is 0 Å². The zero-order valence-electron chi connectivity index (χ0n) is 5.44. The van der Waals surface area contributed by atoms with Gasteiger partial charge in [0.05, 0.1) is 0 Å². The quantitative estimate of drug-likeness (QED) is 0.623. The van der Waals surface area contributed by atoms with Crippen LogP contribution in [-0.2, 0) is 9.05 Å². The lowest BCUT2D eigenvalue weighted by Crippen LogP contribution is -2.36. The lowest BCUT2D eigenvalue weighted by atomic mass is 10.2. The molecule has 62 valence electrons. The number of hydrogen-bond acceptors (Lipinski definition) is 2. The van der Waals surface area contributed by atoms with Crippen LogP contribution in [0, 0.1) is 0 Å². The topological polar surface area (TPSA) is 34.1 Å². The molecule has 0 radical (unpaired) electrons. The van der Waals surface area contributed by atoms with Crippen LogP contribution in [0.15, 0.2) is 0 Å². The van der Waals surface area contributed by atoms with Gasteiger partial charge in [0, 0.05) is 10.7 Å². The molecule has 0 saturated carbocycles. The third-order valence-electron chi connectivity index (χ3n) is 1.15. The number of hydrogen-bond donors (Lipinski definition) is 0. The normalized spacial score (nSPS) is 14.2. The molecule has 0 aliphatic rings. The Morgan fingerprint density at radius 3 is 1.70 bits per heavy atom. The van der Waals surface area contributed by atoms with Crippen molar-refractivity contribution >= 4 is 19.7 Å². The van der Waals surface area contributed by atoms with Crippen molar-refractivity contribution in [2.75, 3.05) is 0 Å². The summed E-state index contributed by atoms with van der Waals surface area (Å²) in [6.45, 7) is 1.75. The predicted molar refractivity (Wildman–Crippen MR) is 34.9 cm³/mol. The smallest absolute Gasteiger partial charge is 0.211 e. The van der Waals surface area contributed by atoms with Crippen LogP contribution in [-0.4, -0.2) is 19.6 Å². The number of halogens is 3. The van der Waals surface area contributed by atoms with E-state index in [1.54, 1.807) is 0 Å². The first-order valence-electron chi connectivity index (χ1n) is 2.42. The molecular formula is C4H7ClF2O2S. The zero-order chi connectivity index (χ0) is 8.58. The van der Waals surface area contributed by atoms with E-state index in [1.165, 1.54) is 0 Å². The Hall–Kier alpha value is 0.1000. The Morgan fingerprint density at radius 1 is 1.40 bits per heavy atom. The summed E-state index contributed by atoms with van der Waals surface area (Å²) in [5, 5.41) is 0. The van der Waals surface area contributed by atoms with Gasteiger partial charge in [0.1, 0.15) is 4.75 Å². The lowest BCUT2D eigenvalue weighted by Gasteiger charge is -2.18. The van der Waals surface area contributed by atoms with Crippen LogP contribution in [0.4, 0.5) is 8.78 Å². The first-order valence-corrected chi connectivity index (χ1v) is 4.73. The molecule has 0 heterocycles. The first-order chi connectivity index (χ1) is 4.19. The molecule has 0 spiro atoms. The van der Waals surface area contributed by atoms with Crippen molar-refractivity contribution < 1.29 is 17.2 Å². The molecule has 0 atom stereocenters. The maximum atomic E-state index is 11.8. The summed E-state index contributed by atoms with van der Waals surface area (Å²) in [6.07, 6.45) is -2.96. The fourth-order valence-corrected chi connectivity index (χ4v) is 0.521. The lowest BCUT2D eigenvalue weighted by molar-refractivity contribution is 0.110. The summed E-state index contributed by atoms with van der Waals surface area (Å²) in [5.74, 6) is 0. The van der Waals surface area contributed by atoms with Crippen LogP contribution in [0.3, 0.4) is 0 Å². The van der Waals surface area contributed by atoms with Crippen molar-refractivity contribution in [2.45, 2.75) is 25.0 Å². The Bertz CT molecular complexity index is 209. The minimum Gasteiger partial charge on any atom is -0.211 e. The van der Waals surface area contributed by atoms with Crippen LogP contribution in [0.25, 0.3) is 0 Å². The molecule has 0 aromatic heterocycles. The standard InChI is InChI=1S/C4H7ClF2O2S/c1-4(2,3(6)7)10(5,8)9/h3H,1-2H3. The molecule has 0 unspecified atom stereocenters. The third kappa shape index (κ3) is 1.79. The fourth-order valence-electron chi connectivity index (χ4n) is 0.106. The summed E-state index contributed by atoms with van der Waals surface area (Å²) in [6, 6.07) is 0. The average Bonchev–Trinajstić information content (AvgIpc) is 1.62. The summed E-state index contributed by atoms with van der Waals surface area (Å²) >= 11 is 0. The highest BCUT2D eigenvalue weighted by Crippen LogP contribution is 2.27. The number of alkyl halides is 2. The first kappa shape index (κ1) is 10.1. The highest BCUT2D eigenvalue weighted by atomic mass is 35.7. The van der Waals surface area contributed by atoms with E-state index in [9.17, 15) is 17.2 Å². The zero-order valence-corrected chi connectivity index (χ0v) is 7.01. The van der Waals surface area contributed by atoms with Crippen LogP contribution in [0.2, 0.25) is 0 Å². The largest absolute Gasteiger partial charge is 0.258 e. The maximum Gasteiger partial charge on any atom is 0.258 e. The van der Waals surface area contributed by atoms with Crippen molar-refractivity contribution in [1.82, 2.24) is 0 Å². The summed E-state index contributed by atoms with van der Waals surface area (Å²) in [7, 11) is 0.533. The molecule has 0 N–H and O–H groups in total. The second-order valence-corrected chi connectivity index (χ2v) is 5.49. The molecule has 0 aromatic rings. The molecule has 0 rings (SSSR count). The highest BCUT2D eigenvalue weighted by Gasteiger charge is 2.41. The van der Waals surface area contributed by atoms with E-state index in [2.05, 4.69) is 0 Å². The molecule has 0 saturated heterocycles. The van der Waals surface area contributed by atoms with Crippen LogP contribution in [0.5, 0.6) is 0 Å². The van der Waals surface area contributed by atoms with Gasteiger partial charge in [0.2, 0.25) is 9.05 Å². The van der Waals surface area contributed by atoms with E-state index in [4.69, 9.17) is 10.7 Å². The van der Waals surface area contributed by atoms with Crippen molar-refractivity contribution in [1.29, 1.82) is 0 Å². The molecule has 0 aliphatic heterocycles. The molecule has 2 nitrogen and oxygen atoms in total. The van der Waals surface area contributed by atoms with E-state index in [0.29, 0.717) is 0 Å². The fraction of sp³-hybridized carbons (Fsp3) is 1.00. The third-order valence-corrected chi connectivity index (χ3v) is 3.78. The van der Waals surface area contributed by atoms with Crippen molar-refractivity contribution in [3.8, 4) is 0 Å². The van der Waals surface area contributed by atoms with Crippen LogP contribution in [0.1, 0.15) is 13.8 Å². The molecule has 0 aromatic carbocycles. The Balaban J connectivity index is 4.76. The maximum absolute atomic E-state index is 11.8. The minimum atomic E-state index is -4.18. The van der Waals surface area contributed by atoms with Gasteiger partial charge in [-0.15, -0.1) is 0 Å². The van der Waals surface area contributed by atoms with E-state index in [1.807, 2.05) is 0 Å². The number of rotatable bonds is 2. The molecule has 6 heteroatoms. The monoisotopic (exact) mass is 192 g/mol. The molecule has 0 aliphatic carbocycles. The Kier molecular flexibility index (Phi) is 2.64. The van der Waals surface area contributed by atoms with Gasteiger partial charge >= 0.3 is 0 Å². The summed E-state index contributed by atoms with van der Waals surface area (Å²) in [5.41, 5.74) is 0. The van der Waals surface area contributed by atoms with Gasteiger partial charge in [0.15, 0.2) is 0 Å². The van der Waals surface area contributed by atoms with Crippen molar-refractivity contribution in [3.63, 3.8) is 0 Å². The van der Waals surface area contributed by atoms with Gasteiger partial charge in [-0.25, -0.2) is 17.2 Å². The molecular weight excluding hydrogens is 186 g/mol. The van der Waals surface area contributed by atoms with Gasteiger partial charge in [-0.05, 0) is 13.8 Å². The molecule has 10 heavy (non-hydrogen) atoms. The summed E-state index contributed by atoms with van der Waals surface area (Å²) < 4.78 is 42.3. The Labute approximate surface area is 62.6 Å². The van der Waals surface area contributed by atoms with Gasteiger partial charge < -0.3 is 0 Å². The predicted octanol–water partition coefficient (Wildman–Crippen LogP) is 1.60. The molecule has 0 fully saturated rings. The van der Waals surface area contributed by atoms with Crippen molar-refractivity contribution in [3.05, 3.63) is 0 Å². The SMILES string of the molecule is CC(C)(C(F)F)S(=O)(=O)Cl. The van der Waals surface area contributed by atoms with Gasteiger partial charge in [-0.3, -0.25) is 0 Å². The van der Waals surface area contributed by atoms with Crippen LogP contribution < -0.4 is 0 Å². The van der Waals surface area contributed by atoms with E-state index in [0.717, 1.165) is 13.8 Å². The van der Waals surface area contributed by atoms with E-state index >= 15 is 0 Å². The van der Waals surface area contributed by atoms with Crippen molar-refractivity contribution in [2.24, 2.45) is 0 Å². The minimum absolute atomic E-state index is 0.875. The van der Waals surface area contributed by atoms with E-state index < -0.39 is 20.2 Å². The van der Waals surface area contributed by atoms with Crippen LogP contribution >= 0.6 is 10.7 Å². The highest BCUT2D eigenvalue weighted by molar-refractivity contribution is 8.14. The Morgan fingerprint density at radius 2 is 1.70 bits per heavy atom. The van der Waals surface area contributed by atoms with Gasteiger partial charge in [0.25, 0.3) is 6.43 Å². The molecule has 0 amide bonds.